The number of benzene rings is 3. The largest absolute Gasteiger partial charge is 0.483 e. The van der Waals surface area contributed by atoms with Crippen molar-refractivity contribution in [3.63, 3.8) is 0 Å². The molecule has 0 bridgehead atoms. The minimum absolute atomic E-state index is 0.106. The minimum Gasteiger partial charge on any atom is -0.483 e. The first-order valence-corrected chi connectivity index (χ1v) is 11.7. The Hall–Kier alpha value is -3.11. The third kappa shape index (κ3) is 7.97. The van der Waals surface area contributed by atoms with Gasteiger partial charge in [-0.15, -0.1) is 0 Å². The quantitative estimate of drug-likeness (QED) is 0.189. The SMILES string of the molecule is O=C(COc1ccc(Br)cc1/C=N\NC(=O)C(=O)Nc1cccc(Cl)c1Cl)Nc1cccc(Cl)c1. The Kier molecular flexibility index (Phi) is 9.50. The van der Waals surface area contributed by atoms with E-state index >= 15 is 0 Å². The molecule has 0 aliphatic carbocycles. The van der Waals surface area contributed by atoms with Crippen LogP contribution in [0.4, 0.5) is 11.4 Å². The van der Waals surface area contributed by atoms with E-state index in [1.807, 2.05) is 0 Å². The smallest absolute Gasteiger partial charge is 0.329 e. The lowest BCUT2D eigenvalue weighted by Crippen LogP contribution is -2.32. The van der Waals surface area contributed by atoms with Crippen molar-refractivity contribution < 1.29 is 19.1 Å². The highest BCUT2D eigenvalue weighted by atomic mass is 79.9. The summed E-state index contributed by atoms with van der Waals surface area (Å²) in [4.78, 5) is 36.4. The maximum atomic E-state index is 12.2. The van der Waals surface area contributed by atoms with Crippen LogP contribution in [0, 0.1) is 0 Å². The lowest BCUT2D eigenvalue weighted by Gasteiger charge is -2.10. The molecule has 0 unspecified atom stereocenters. The van der Waals surface area contributed by atoms with E-state index in [-0.39, 0.29) is 22.3 Å². The number of nitrogens with one attached hydrogen (secondary N) is 3. The van der Waals surface area contributed by atoms with Crippen LogP contribution >= 0.6 is 50.7 Å². The number of carbonyl (C=O) groups excluding carboxylic acids is 3. The molecule has 0 heterocycles. The summed E-state index contributed by atoms with van der Waals surface area (Å²) >= 11 is 21.1. The molecule has 35 heavy (non-hydrogen) atoms. The van der Waals surface area contributed by atoms with Gasteiger partial charge in [-0.05, 0) is 48.5 Å². The summed E-state index contributed by atoms with van der Waals surface area (Å²) in [7, 11) is 0. The summed E-state index contributed by atoms with van der Waals surface area (Å²) in [5.74, 6) is -2.10. The molecule has 3 aromatic rings. The van der Waals surface area contributed by atoms with Crippen molar-refractivity contribution in [1.82, 2.24) is 5.43 Å². The molecule has 0 aliphatic heterocycles. The van der Waals surface area contributed by atoms with Crippen molar-refractivity contribution in [1.29, 1.82) is 0 Å². The first kappa shape index (κ1) is 26.5. The summed E-state index contributed by atoms with van der Waals surface area (Å²) < 4.78 is 6.29. The van der Waals surface area contributed by atoms with Gasteiger partial charge in [-0.25, -0.2) is 5.43 Å². The lowest BCUT2D eigenvalue weighted by atomic mass is 10.2. The minimum atomic E-state index is -1.03. The molecule has 0 atom stereocenters. The van der Waals surface area contributed by atoms with Gasteiger partial charge in [-0.1, -0.05) is 62.9 Å². The Morgan fingerprint density at radius 1 is 0.943 bits per heavy atom. The van der Waals surface area contributed by atoms with Crippen LogP contribution in [0.25, 0.3) is 0 Å². The van der Waals surface area contributed by atoms with E-state index in [1.54, 1.807) is 54.6 Å². The van der Waals surface area contributed by atoms with Crippen LogP contribution in [-0.2, 0) is 14.4 Å². The number of hydrogen-bond donors (Lipinski definition) is 3. The molecule has 12 heteroatoms. The third-order valence-electron chi connectivity index (χ3n) is 4.21. The predicted octanol–water partition coefficient (Wildman–Crippen LogP) is 5.52. The van der Waals surface area contributed by atoms with E-state index in [1.165, 1.54) is 12.3 Å². The standard InChI is InChI=1S/C23H16BrCl3N4O4/c24-14-7-8-19(35-12-20(32)29-16-4-1-3-15(25)10-16)13(9-14)11-28-31-23(34)22(33)30-18-6-2-5-17(26)21(18)27/h1-11H,12H2,(H,29,32)(H,30,33)(H,31,34)/b28-11-. The van der Waals surface area contributed by atoms with E-state index in [2.05, 4.69) is 37.1 Å². The zero-order valence-electron chi connectivity index (χ0n) is 17.7. The molecule has 0 fully saturated rings. The highest BCUT2D eigenvalue weighted by molar-refractivity contribution is 9.10. The van der Waals surface area contributed by atoms with E-state index in [4.69, 9.17) is 39.5 Å². The zero-order chi connectivity index (χ0) is 25.4. The van der Waals surface area contributed by atoms with Crippen molar-refractivity contribution in [3.05, 3.63) is 85.8 Å². The third-order valence-corrected chi connectivity index (χ3v) is 5.76. The molecule has 0 saturated carbocycles. The van der Waals surface area contributed by atoms with Crippen LogP contribution in [0.15, 0.2) is 70.2 Å². The summed E-state index contributed by atoms with van der Waals surface area (Å²) in [5, 5.41) is 9.63. The van der Waals surface area contributed by atoms with Gasteiger partial charge in [0.15, 0.2) is 6.61 Å². The van der Waals surface area contributed by atoms with Crippen molar-refractivity contribution in [3.8, 4) is 5.75 Å². The first-order valence-electron chi connectivity index (χ1n) is 9.79. The summed E-state index contributed by atoms with van der Waals surface area (Å²) in [6, 6.07) is 16.3. The van der Waals surface area contributed by atoms with Gasteiger partial charge in [0.05, 0.1) is 21.9 Å². The van der Waals surface area contributed by atoms with Gasteiger partial charge in [0.1, 0.15) is 5.75 Å². The molecule has 0 saturated heterocycles. The Labute approximate surface area is 223 Å². The Bertz CT molecular complexity index is 1300. The number of carbonyl (C=O) groups is 3. The monoisotopic (exact) mass is 596 g/mol. The highest BCUT2D eigenvalue weighted by Gasteiger charge is 2.15. The number of rotatable bonds is 7. The van der Waals surface area contributed by atoms with Gasteiger partial charge in [-0.3, -0.25) is 14.4 Å². The van der Waals surface area contributed by atoms with Crippen molar-refractivity contribution in [2.45, 2.75) is 0 Å². The van der Waals surface area contributed by atoms with Crippen molar-refractivity contribution >= 4 is 86.0 Å². The lowest BCUT2D eigenvalue weighted by molar-refractivity contribution is -0.136. The van der Waals surface area contributed by atoms with Crippen LogP contribution in [0.1, 0.15) is 5.56 Å². The average molecular weight is 599 g/mol. The fourth-order valence-electron chi connectivity index (χ4n) is 2.65. The molecule has 0 aromatic heterocycles. The van der Waals surface area contributed by atoms with Crippen LogP contribution in [0.3, 0.4) is 0 Å². The molecule has 180 valence electrons. The van der Waals surface area contributed by atoms with E-state index < -0.39 is 17.7 Å². The Morgan fingerprint density at radius 3 is 2.49 bits per heavy atom. The van der Waals surface area contributed by atoms with Crippen LogP contribution < -0.4 is 20.8 Å². The van der Waals surface area contributed by atoms with Gasteiger partial charge in [0, 0.05) is 20.7 Å². The fourth-order valence-corrected chi connectivity index (χ4v) is 3.57. The molecular formula is C23H16BrCl3N4O4. The van der Waals surface area contributed by atoms with E-state index in [0.29, 0.717) is 26.5 Å². The van der Waals surface area contributed by atoms with Gasteiger partial charge in [-0.2, -0.15) is 5.10 Å². The number of nitrogens with zero attached hydrogens (tertiary/aromatic N) is 1. The number of anilines is 2. The zero-order valence-corrected chi connectivity index (χ0v) is 21.5. The van der Waals surface area contributed by atoms with Gasteiger partial charge in [0.25, 0.3) is 5.91 Å². The van der Waals surface area contributed by atoms with Gasteiger partial charge < -0.3 is 15.4 Å². The second-order valence-corrected chi connectivity index (χ2v) is 8.92. The Balaban J connectivity index is 1.59. The summed E-state index contributed by atoms with van der Waals surface area (Å²) in [6.07, 6.45) is 1.27. The van der Waals surface area contributed by atoms with Crippen molar-refractivity contribution in [2.75, 3.05) is 17.2 Å². The molecule has 3 aromatic carbocycles. The topological polar surface area (TPSA) is 109 Å². The average Bonchev–Trinajstić information content (AvgIpc) is 2.81. The first-order chi connectivity index (χ1) is 16.7. The predicted molar refractivity (Wildman–Crippen MR) is 141 cm³/mol. The number of amides is 3. The Morgan fingerprint density at radius 2 is 1.71 bits per heavy atom. The van der Waals surface area contributed by atoms with Gasteiger partial charge >= 0.3 is 11.8 Å². The molecule has 3 amide bonds. The molecule has 0 radical (unpaired) electrons. The van der Waals surface area contributed by atoms with Crippen LogP contribution in [0.2, 0.25) is 15.1 Å². The number of ether oxygens (including phenoxy) is 1. The maximum absolute atomic E-state index is 12.2. The molecule has 0 spiro atoms. The van der Waals surface area contributed by atoms with Crippen molar-refractivity contribution in [2.24, 2.45) is 5.10 Å². The fraction of sp³-hybridized carbons (Fsp3) is 0.0435. The number of hydrazone groups is 1. The van der Waals surface area contributed by atoms with Crippen LogP contribution in [-0.4, -0.2) is 30.5 Å². The summed E-state index contributed by atoms with van der Waals surface area (Å²) in [6.45, 7) is -0.288. The normalized spacial score (nSPS) is 10.6. The maximum Gasteiger partial charge on any atom is 0.329 e. The van der Waals surface area contributed by atoms with E-state index in [9.17, 15) is 14.4 Å². The van der Waals surface area contributed by atoms with Crippen LogP contribution in [0.5, 0.6) is 5.75 Å². The molecule has 3 rings (SSSR count). The second-order valence-electron chi connectivity index (χ2n) is 6.78. The molecule has 3 N–H and O–H groups in total. The summed E-state index contributed by atoms with van der Waals surface area (Å²) in [5.41, 5.74) is 3.27. The number of halogens is 4. The van der Waals surface area contributed by atoms with Gasteiger partial charge in [0.2, 0.25) is 0 Å². The molecular weight excluding hydrogens is 583 g/mol. The molecule has 0 aliphatic rings. The van der Waals surface area contributed by atoms with E-state index in [0.717, 1.165) is 0 Å². The second kappa shape index (κ2) is 12.6. The number of hydrogen-bond acceptors (Lipinski definition) is 5. The molecule has 8 nitrogen and oxygen atoms in total. The highest BCUT2D eigenvalue weighted by Crippen LogP contribution is 2.29.